The van der Waals surface area contributed by atoms with Crippen LogP contribution in [0.4, 0.5) is 0 Å². The Balaban J connectivity index is 1.66. The van der Waals surface area contributed by atoms with Crippen LogP contribution < -0.4 is 4.90 Å². The van der Waals surface area contributed by atoms with Crippen LogP contribution in [0.5, 0.6) is 0 Å². The van der Waals surface area contributed by atoms with Crippen molar-refractivity contribution in [2.75, 3.05) is 13.1 Å². The van der Waals surface area contributed by atoms with Gasteiger partial charge < -0.3 is 4.90 Å². The van der Waals surface area contributed by atoms with E-state index in [2.05, 4.69) is 34.2 Å². The number of rotatable bonds is 4. The van der Waals surface area contributed by atoms with Crippen molar-refractivity contribution in [3.05, 3.63) is 107 Å². The number of nitrogens with one attached hydrogen (secondary N) is 1. The van der Waals surface area contributed by atoms with Gasteiger partial charge in [0.2, 0.25) is 0 Å². The van der Waals surface area contributed by atoms with Crippen molar-refractivity contribution in [1.82, 2.24) is 9.97 Å². The molecule has 0 atom stereocenters. The van der Waals surface area contributed by atoms with Gasteiger partial charge in [0.1, 0.15) is 19.6 Å². The second kappa shape index (κ2) is 8.55. The van der Waals surface area contributed by atoms with Crippen LogP contribution in [0.1, 0.15) is 17.0 Å². The smallest absolute Gasteiger partial charge is 0.196 e. The summed E-state index contributed by atoms with van der Waals surface area (Å²) >= 11 is 0. The number of piperidine rings is 1. The van der Waals surface area contributed by atoms with Crippen molar-refractivity contribution in [2.24, 2.45) is 0 Å². The number of hydrogen-bond donors (Lipinski definition) is 1. The zero-order valence-corrected chi connectivity index (χ0v) is 15.6. The number of ketones is 1. The minimum absolute atomic E-state index is 0.0908. The van der Waals surface area contributed by atoms with Crippen molar-refractivity contribution in [1.29, 1.82) is 0 Å². The van der Waals surface area contributed by atoms with E-state index in [1.807, 2.05) is 54.6 Å². The Labute approximate surface area is 164 Å². The average molecular weight is 368 g/mol. The van der Waals surface area contributed by atoms with Crippen molar-refractivity contribution in [3.8, 4) is 0 Å². The first-order chi connectivity index (χ1) is 13.8. The molecule has 138 valence electrons. The van der Waals surface area contributed by atoms with E-state index in [9.17, 15) is 4.79 Å². The molecule has 0 saturated carbocycles. The van der Waals surface area contributed by atoms with Gasteiger partial charge in [-0.2, -0.15) is 0 Å². The van der Waals surface area contributed by atoms with E-state index in [0.29, 0.717) is 13.1 Å². The zero-order valence-electron chi connectivity index (χ0n) is 15.6. The van der Waals surface area contributed by atoms with E-state index >= 15 is 0 Å². The van der Waals surface area contributed by atoms with Gasteiger partial charge >= 0.3 is 0 Å². The van der Waals surface area contributed by atoms with Gasteiger partial charge in [0.15, 0.2) is 5.78 Å². The lowest BCUT2D eigenvalue weighted by Crippen LogP contribution is -3.12. The van der Waals surface area contributed by atoms with Crippen LogP contribution in [-0.4, -0.2) is 28.8 Å². The van der Waals surface area contributed by atoms with Crippen LogP contribution >= 0.6 is 0 Å². The molecule has 4 heteroatoms. The predicted molar refractivity (Wildman–Crippen MR) is 110 cm³/mol. The molecule has 1 fully saturated rings. The lowest BCUT2D eigenvalue weighted by atomic mass is 9.95. The number of carbonyl (C=O) groups excluding carboxylic acids is 1. The summed E-state index contributed by atoms with van der Waals surface area (Å²) < 4.78 is 0. The molecule has 0 amide bonds. The van der Waals surface area contributed by atoms with Crippen LogP contribution in [0, 0.1) is 0 Å². The van der Waals surface area contributed by atoms with Crippen LogP contribution in [0.25, 0.3) is 12.2 Å². The molecule has 1 aliphatic heterocycles. The summed E-state index contributed by atoms with van der Waals surface area (Å²) in [4.78, 5) is 23.2. The maximum Gasteiger partial charge on any atom is 0.196 e. The van der Waals surface area contributed by atoms with Gasteiger partial charge in [0.25, 0.3) is 0 Å². The van der Waals surface area contributed by atoms with E-state index in [0.717, 1.165) is 29.1 Å². The number of carbonyl (C=O) groups is 1. The van der Waals surface area contributed by atoms with Gasteiger partial charge in [-0.1, -0.05) is 42.5 Å². The molecule has 0 bridgehead atoms. The minimum Gasteiger partial charge on any atom is -0.323 e. The Hall–Kier alpha value is -3.37. The number of likely N-dealkylation sites (tertiary alicyclic amines) is 1. The minimum atomic E-state index is 0.0908. The Bertz CT molecular complexity index is 934. The summed E-state index contributed by atoms with van der Waals surface area (Å²) in [6.07, 6.45) is 7.33. The van der Waals surface area contributed by atoms with Crippen molar-refractivity contribution < 1.29 is 9.69 Å². The van der Waals surface area contributed by atoms with Gasteiger partial charge in [-0.05, 0) is 36.4 Å². The third-order valence-electron chi connectivity index (χ3n) is 4.78. The molecule has 0 aliphatic carbocycles. The molecular weight excluding hydrogens is 346 g/mol. The van der Waals surface area contributed by atoms with E-state index in [4.69, 9.17) is 0 Å². The Kier molecular flexibility index (Phi) is 5.50. The van der Waals surface area contributed by atoms with Crippen molar-refractivity contribution in [3.63, 3.8) is 0 Å². The van der Waals surface area contributed by atoms with Crippen LogP contribution in [0.3, 0.4) is 0 Å². The highest BCUT2D eigenvalue weighted by Gasteiger charge is 2.29. The SMILES string of the molecule is O=C1C(=Cc2ccccn2)C[NH+](Cc2ccccc2)CC1=Cc1ccccn1. The molecule has 2 aromatic heterocycles. The maximum absolute atomic E-state index is 13.1. The third kappa shape index (κ3) is 4.48. The molecule has 0 radical (unpaired) electrons. The Morgan fingerprint density at radius 2 is 1.29 bits per heavy atom. The van der Waals surface area contributed by atoms with Gasteiger partial charge in [0.05, 0.1) is 22.5 Å². The quantitative estimate of drug-likeness (QED) is 0.720. The fourth-order valence-corrected chi connectivity index (χ4v) is 3.49. The molecule has 1 aliphatic rings. The molecule has 0 spiro atoms. The summed E-state index contributed by atoms with van der Waals surface area (Å²) in [6, 6.07) is 21.9. The number of pyridine rings is 2. The number of nitrogens with zero attached hydrogens (tertiary/aromatic N) is 2. The van der Waals surface area contributed by atoms with Gasteiger partial charge in [-0.15, -0.1) is 0 Å². The van der Waals surface area contributed by atoms with Crippen molar-refractivity contribution >= 4 is 17.9 Å². The Morgan fingerprint density at radius 1 is 0.750 bits per heavy atom. The first-order valence-corrected chi connectivity index (χ1v) is 9.43. The molecule has 4 rings (SSSR count). The molecule has 4 nitrogen and oxygen atoms in total. The molecule has 1 aromatic carbocycles. The second-order valence-corrected chi connectivity index (χ2v) is 6.94. The monoisotopic (exact) mass is 368 g/mol. The van der Waals surface area contributed by atoms with E-state index in [1.54, 1.807) is 12.4 Å². The fourth-order valence-electron chi connectivity index (χ4n) is 3.49. The molecular formula is C24H22N3O+. The fraction of sp³-hybridized carbons (Fsp3) is 0.125. The van der Waals surface area contributed by atoms with E-state index in [1.165, 1.54) is 10.5 Å². The zero-order chi connectivity index (χ0) is 19.2. The Morgan fingerprint density at radius 3 is 1.79 bits per heavy atom. The van der Waals surface area contributed by atoms with Gasteiger partial charge in [-0.3, -0.25) is 14.8 Å². The average Bonchev–Trinajstić information content (AvgIpc) is 2.74. The summed E-state index contributed by atoms with van der Waals surface area (Å²) in [5, 5.41) is 0. The highest BCUT2D eigenvalue weighted by molar-refractivity contribution is 6.13. The van der Waals surface area contributed by atoms with E-state index < -0.39 is 0 Å². The lowest BCUT2D eigenvalue weighted by Gasteiger charge is -2.27. The predicted octanol–water partition coefficient (Wildman–Crippen LogP) is 2.61. The molecule has 1 saturated heterocycles. The summed E-state index contributed by atoms with van der Waals surface area (Å²) in [7, 11) is 0. The van der Waals surface area contributed by atoms with Crippen molar-refractivity contribution in [2.45, 2.75) is 6.54 Å². The van der Waals surface area contributed by atoms with Crippen LogP contribution in [0.15, 0.2) is 90.3 Å². The number of Topliss-reactive ketones (excluding diaryl/α,β-unsaturated/α-hetero) is 1. The topological polar surface area (TPSA) is 47.3 Å². The van der Waals surface area contributed by atoms with E-state index in [-0.39, 0.29) is 5.78 Å². The highest BCUT2D eigenvalue weighted by atomic mass is 16.1. The summed E-state index contributed by atoms with van der Waals surface area (Å²) in [6.45, 7) is 2.24. The number of quaternary nitrogens is 1. The second-order valence-electron chi connectivity index (χ2n) is 6.94. The first-order valence-electron chi connectivity index (χ1n) is 9.43. The summed E-state index contributed by atoms with van der Waals surface area (Å²) in [5.41, 5.74) is 4.46. The molecule has 1 N–H and O–H groups in total. The highest BCUT2D eigenvalue weighted by Crippen LogP contribution is 2.15. The largest absolute Gasteiger partial charge is 0.323 e. The molecule has 3 aromatic rings. The molecule has 28 heavy (non-hydrogen) atoms. The first kappa shape index (κ1) is 18.0. The third-order valence-corrected chi connectivity index (χ3v) is 4.78. The van der Waals surface area contributed by atoms with Gasteiger partial charge in [0, 0.05) is 18.0 Å². The molecule has 0 unspecified atom stereocenters. The van der Waals surface area contributed by atoms with Gasteiger partial charge in [-0.25, -0.2) is 0 Å². The normalized spacial score (nSPS) is 19.9. The molecule has 3 heterocycles. The number of hydrogen-bond acceptors (Lipinski definition) is 3. The van der Waals surface area contributed by atoms with Crippen LogP contribution in [0.2, 0.25) is 0 Å². The maximum atomic E-state index is 13.1. The standard InChI is InChI=1S/C24H21N3O/c28-24-20(14-22-10-4-6-12-25-22)17-27(16-19-8-2-1-3-9-19)18-21(24)15-23-11-5-7-13-26-23/h1-15H,16-18H2/p+1. The number of benzene rings is 1. The van der Waals surface area contributed by atoms with Crippen LogP contribution in [-0.2, 0) is 11.3 Å². The number of aromatic nitrogens is 2. The summed E-state index contributed by atoms with van der Waals surface area (Å²) in [5.74, 6) is 0.0908. The lowest BCUT2D eigenvalue weighted by molar-refractivity contribution is -0.904.